The van der Waals surface area contributed by atoms with Crippen molar-refractivity contribution in [1.29, 1.82) is 0 Å². The molecule has 1 fully saturated rings. The Balaban J connectivity index is 0.000000605. The molecule has 1 saturated heterocycles. The van der Waals surface area contributed by atoms with Crippen LogP contribution in [-0.2, 0) is 0 Å². The lowest BCUT2D eigenvalue weighted by atomic mass is 10.0. The minimum absolute atomic E-state index is 0. The second-order valence-corrected chi connectivity index (χ2v) is 2.53. The van der Waals surface area contributed by atoms with Crippen molar-refractivity contribution in [1.82, 2.24) is 15.5 Å². The van der Waals surface area contributed by atoms with Gasteiger partial charge in [0.25, 0.3) is 0 Å². The average molecular weight is 176 g/mol. The number of halogens is 1. The fourth-order valence-corrected chi connectivity index (χ4v) is 0.952. The Labute approximate surface area is 70.8 Å². The van der Waals surface area contributed by atoms with E-state index in [9.17, 15) is 0 Å². The van der Waals surface area contributed by atoms with Gasteiger partial charge in [-0.1, -0.05) is 5.16 Å². The molecule has 0 aliphatic carbocycles. The van der Waals surface area contributed by atoms with Crippen molar-refractivity contribution in [3.8, 4) is 0 Å². The van der Waals surface area contributed by atoms with Crippen LogP contribution in [0.1, 0.15) is 17.6 Å². The molecule has 1 aromatic heterocycles. The predicted octanol–water partition coefficient (Wildman–Crippen LogP) is 0.487. The van der Waals surface area contributed by atoms with Gasteiger partial charge in [-0.2, -0.15) is 4.98 Å². The van der Waals surface area contributed by atoms with Gasteiger partial charge in [-0.25, -0.2) is 0 Å². The van der Waals surface area contributed by atoms with Crippen LogP contribution in [0.25, 0.3) is 0 Å². The van der Waals surface area contributed by atoms with Crippen molar-refractivity contribution in [2.24, 2.45) is 0 Å². The second kappa shape index (κ2) is 3.19. The molecule has 0 amide bonds. The smallest absolute Gasteiger partial charge is 0.223 e. The van der Waals surface area contributed by atoms with E-state index >= 15 is 0 Å². The molecule has 0 aromatic carbocycles. The van der Waals surface area contributed by atoms with Crippen LogP contribution in [0.3, 0.4) is 0 Å². The van der Waals surface area contributed by atoms with Crippen LogP contribution in [0.5, 0.6) is 0 Å². The molecule has 0 bridgehead atoms. The summed E-state index contributed by atoms with van der Waals surface area (Å²) in [7, 11) is 0. The molecule has 4 nitrogen and oxygen atoms in total. The van der Waals surface area contributed by atoms with Crippen LogP contribution in [0, 0.1) is 6.92 Å². The van der Waals surface area contributed by atoms with Gasteiger partial charge in [0.1, 0.15) is 0 Å². The van der Waals surface area contributed by atoms with Crippen LogP contribution in [0.4, 0.5) is 0 Å². The summed E-state index contributed by atoms with van der Waals surface area (Å²) in [5.74, 6) is 1.98. The molecule has 1 aliphatic heterocycles. The van der Waals surface area contributed by atoms with Gasteiger partial charge in [-0.3, -0.25) is 0 Å². The first-order valence-electron chi connectivity index (χ1n) is 3.37. The maximum atomic E-state index is 4.83. The first-order chi connectivity index (χ1) is 4.86. The average Bonchev–Trinajstić information content (AvgIpc) is 2.10. The highest BCUT2D eigenvalue weighted by Crippen LogP contribution is 2.15. The molecule has 1 aromatic rings. The molecule has 2 rings (SSSR count). The number of aryl methyl sites for hydroxylation is 1. The third-order valence-electron chi connectivity index (χ3n) is 1.69. The van der Waals surface area contributed by atoms with Gasteiger partial charge in [-0.05, 0) is 0 Å². The van der Waals surface area contributed by atoms with Gasteiger partial charge in [0.05, 0.1) is 0 Å². The molecule has 0 atom stereocenters. The molecular weight excluding hydrogens is 166 g/mol. The van der Waals surface area contributed by atoms with E-state index in [4.69, 9.17) is 4.52 Å². The van der Waals surface area contributed by atoms with Crippen molar-refractivity contribution in [3.05, 3.63) is 11.7 Å². The van der Waals surface area contributed by atoms with Gasteiger partial charge in [0, 0.05) is 25.9 Å². The lowest BCUT2D eigenvalue weighted by Gasteiger charge is -2.23. The zero-order valence-electron chi connectivity index (χ0n) is 6.20. The molecule has 0 saturated carbocycles. The third kappa shape index (κ3) is 1.52. The van der Waals surface area contributed by atoms with Crippen LogP contribution in [0.2, 0.25) is 0 Å². The number of nitrogens with zero attached hydrogens (tertiary/aromatic N) is 2. The molecule has 5 heteroatoms. The first-order valence-corrected chi connectivity index (χ1v) is 3.37. The molecule has 1 N–H and O–H groups in total. The lowest BCUT2D eigenvalue weighted by molar-refractivity contribution is 0.364. The van der Waals surface area contributed by atoms with Gasteiger partial charge in [-0.15, -0.1) is 12.4 Å². The molecule has 0 radical (unpaired) electrons. The van der Waals surface area contributed by atoms with Crippen LogP contribution >= 0.6 is 12.4 Å². The highest BCUT2D eigenvalue weighted by Gasteiger charge is 2.23. The van der Waals surface area contributed by atoms with Crippen molar-refractivity contribution < 1.29 is 4.52 Å². The minimum Gasteiger partial charge on any atom is -0.340 e. The van der Waals surface area contributed by atoms with Gasteiger partial charge < -0.3 is 9.84 Å². The summed E-state index contributed by atoms with van der Waals surface area (Å²) in [5.41, 5.74) is 0. The summed E-state index contributed by atoms with van der Waals surface area (Å²) in [6.45, 7) is 3.78. The van der Waals surface area contributed by atoms with Crippen molar-refractivity contribution in [2.45, 2.75) is 12.8 Å². The summed E-state index contributed by atoms with van der Waals surface area (Å²) >= 11 is 0. The fourth-order valence-electron chi connectivity index (χ4n) is 0.952. The number of nitrogens with one attached hydrogen (secondary N) is 1. The minimum atomic E-state index is 0. The fraction of sp³-hybridized carbons (Fsp3) is 0.667. The third-order valence-corrected chi connectivity index (χ3v) is 1.69. The van der Waals surface area contributed by atoms with Crippen LogP contribution < -0.4 is 5.32 Å². The molecular formula is C6H10ClN3O. The SMILES string of the molecule is Cc1nc(C2CNC2)no1.Cl. The summed E-state index contributed by atoms with van der Waals surface area (Å²) in [6.07, 6.45) is 0. The lowest BCUT2D eigenvalue weighted by Crippen LogP contribution is -2.40. The van der Waals surface area contributed by atoms with E-state index in [0.717, 1.165) is 18.9 Å². The largest absolute Gasteiger partial charge is 0.340 e. The number of hydrogen-bond donors (Lipinski definition) is 1. The van der Waals surface area contributed by atoms with E-state index in [2.05, 4.69) is 15.5 Å². The Bertz CT molecular complexity index is 233. The predicted molar refractivity (Wildman–Crippen MR) is 41.9 cm³/mol. The summed E-state index contributed by atoms with van der Waals surface area (Å²) in [5, 5.41) is 6.96. The Morgan fingerprint density at radius 1 is 1.55 bits per heavy atom. The Hall–Kier alpha value is -0.610. The topological polar surface area (TPSA) is 51.0 Å². The second-order valence-electron chi connectivity index (χ2n) is 2.53. The van der Waals surface area contributed by atoms with E-state index in [1.165, 1.54) is 0 Å². The molecule has 0 unspecified atom stereocenters. The number of rotatable bonds is 1. The van der Waals surface area contributed by atoms with Gasteiger partial charge in [0.15, 0.2) is 5.82 Å². The summed E-state index contributed by atoms with van der Waals surface area (Å²) in [4.78, 5) is 4.11. The number of aromatic nitrogens is 2. The summed E-state index contributed by atoms with van der Waals surface area (Å²) < 4.78 is 4.83. The standard InChI is InChI=1S/C6H9N3O.ClH/c1-4-8-6(9-10-4)5-2-7-3-5;/h5,7H,2-3H2,1H3;1H. The summed E-state index contributed by atoms with van der Waals surface area (Å²) in [6, 6.07) is 0. The van der Waals surface area contributed by atoms with E-state index in [0.29, 0.717) is 11.8 Å². The van der Waals surface area contributed by atoms with E-state index < -0.39 is 0 Å². The van der Waals surface area contributed by atoms with Crippen molar-refractivity contribution in [2.75, 3.05) is 13.1 Å². The number of hydrogen-bond acceptors (Lipinski definition) is 4. The highest BCUT2D eigenvalue weighted by atomic mass is 35.5. The van der Waals surface area contributed by atoms with Gasteiger partial charge in [0.2, 0.25) is 5.89 Å². The highest BCUT2D eigenvalue weighted by molar-refractivity contribution is 5.85. The zero-order valence-corrected chi connectivity index (χ0v) is 7.02. The first kappa shape index (κ1) is 8.49. The van der Waals surface area contributed by atoms with Crippen molar-refractivity contribution in [3.63, 3.8) is 0 Å². The molecule has 0 spiro atoms. The Morgan fingerprint density at radius 3 is 2.64 bits per heavy atom. The Kier molecular flexibility index (Phi) is 2.46. The van der Waals surface area contributed by atoms with E-state index in [1.54, 1.807) is 0 Å². The molecule has 2 heterocycles. The van der Waals surface area contributed by atoms with Crippen molar-refractivity contribution >= 4 is 12.4 Å². The zero-order chi connectivity index (χ0) is 6.97. The van der Waals surface area contributed by atoms with Crippen LogP contribution in [0.15, 0.2) is 4.52 Å². The molecule has 62 valence electrons. The van der Waals surface area contributed by atoms with E-state index in [1.807, 2.05) is 6.92 Å². The maximum Gasteiger partial charge on any atom is 0.223 e. The van der Waals surface area contributed by atoms with E-state index in [-0.39, 0.29) is 12.4 Å². The monoisotopic (exact) mass is 175 g/mol. The molecule has 1 aliphatic rings. The Morgan fingerprint density at radius 2 is 2.27 bits per heavy atom. The molecule has 11 heavy (non-hydrogen) atoms. The quantitative estimate of drug-likeness (QED) is 0.675. The van der Waals surface area contributed by atoms with Gasteiger partial charge >= 0.3 is 0 Å². The van der Waals surface area contributed by atoms with Crippen LogP contribution in [-0.4, -0.2) is 23.2 Å². The maximum absolute atomic E-state index is 4.83. The normalized spacial score (nSPS) is 17.2.